The van der Waals surface area contributed by atoms with Crippen molar-refractivity contribution < 1.29 is 9.90 Å². The van der Waals surface area contributed by atoms with E-state index < -0.39 is 5.97 Å². The van der Waals surface area contributed by atoms with E-state index in [2.05, 4.69) is 11.2 Å². The molecule has 0 aromatic heterocycles. The predicted octanol–water partition coefficient (Wildman–Crippen LogP) is 0.832. The Morgan fingerprint density at radius 3 is 2.62 bits per heavy atom. The van der Waals surface area contributed by atoms with Crippen LogP contribution in [0.25, 0.3) is 0 Å². The molecule has 0 aromatic rings. The van der Waals surface area contributed by atoms with E-state index in [1.165, 1.54) is 12.2 Å². The second kappa shape index (κ2) is 7.92. The molecule has 0 aliphatic carbocycles. The van der Waals surface area contributed by atoms with E-state index in [1.807, 2.05) is 16.7 Å². The number of rotatable bonds is 6. The third-order valence-corrected chi connectivity index (χ3v) is 3.56. The third kappa shape index (κ3) is 5.72. The van der Waals surface area contributed by atoms with E-state index in [0.717, 1.165) is 39.1 Å². The van der Waals surface area contributed by atoms with Crippen molar-refractivity contribution in [1.82, 2.24) is 9.80 Å². The topological polar surface area (TPSA) is 43.8 Å². The molecule has 0 bridgehead atoms. The lowest BCUT2D eigenvalue weighted by Gasteiger charge is -2.20. The van der Waals surface area contributed by atoms with Gasteiger partial charge in [0.1, 0.15) is 0 Å². The lowest BCUT2D eigenvalue weighted by atomic mass is 10.3. The minimum atomic E-state index is -0.712. The van der Waals surface area contributed by atoms with E-state index in [-0.39, 0.29) is 6.54 Å². The minimum Gasteiger partial charge on any atom is -0.480 e. The molecular weight excluding hydrogens is 224 g/mol. The Kier molecular flexibility index (Phi) is 6.84. The summed E-state index contributed by atoms with van der Waals surface area (Å²) in [5.41, 5.74) is 0. The van der Waals surface area contributed by atoms with Crippen LogP contribution < -0.4 is 0 Å². The van der Waals surface area contributed by atoms with Crippen LogP contribution in [0.1, 0.15) is 12.8 Å². The molecule has 0 aromatic carbocycles. The Morgan fingerprint density at radius 1 is 1.25 bits per heavy atom. The van der Waals surface area contributed by atoms with Gasteiger partial charge in [-0.2, -0.15) is 11.8 Å². The lowest BCUT2D eigenvalue weighted by Crippen LogP contribution is -2.34. The number of thioether (sulfide) groups is 1. The average Bonchev–Trinajstić information content (AvgIpc) is 2.44. The summed E-state index contributed by atoms with van der Waals surface area (Å²) in [6.45, 7) is 5.30. The largest absolute Gasteiger partial charge is 0.480 e. The highest BCUT2D eigenvalue weighted by Crippen LogP contribution is 2.05. The van der Waals surface area contributed by atoms with Gasteiger partial charge >= 0.3 is 5.97 Å². The van der Waals surface area contributed by atoms with Crippen molar-refractivity contribution >= 4 is 17.7 Å². The number of carboxylic acid groups (broad SMARTS) is 1. The van der Waals surface area contributed by atoms with Gasteiger partial charge < -0.3 is 10.0 Å². The predicted molar refractivity (Wildman–Crippen MR) is 68.1 cm³/mol. The monoisotopic (exact) mass is 246 g/mol. The molecule has 0 atom stereocenters. The zero-order valence-electron chi connectivity index (χ0n) is 10.0. The molecule has 1 aliphatic rings. The van der Waals surface area contributed by atoms with Crippen LogP contribution in [0.2, 0.25) is 0 Å². The number of carboxylic acids is 1. The van der Waals surface area contributed by atoms with Crippen LogP contribution in [0, 0.1) is 0 Å². The van der Waals surface area contributed by atoms with E-state index in [9.17, 15) is 4.79 Å². The fourth-order valence-electron chi connectivity index (χ4n) is 2.03. The van der Waals surface area contributed by atoms with Gasteiger partial charge in [0.25, 0.3) is 0 Å². The highest BCUT2D eigenvalue weighted by molar-refractivity contribution is 7.98. The average molecular weight is 246 g/mol. The normalized spacial score (nSPS) is 19.6. The summed E-state index contributed by atoms with van der Waals surface area (Å²) in [4.78, 5) is 15.1. The van der Waals surface area contributed by atoms with Crippen molar-refractivity contribution in [3.8, 4) is 0 Å². The van der Waals surface area contributed by atoms with Crippen LogP contribution in [0.3, 0.4) is 0 Å². The fraction of sp³-hybridized carbons (Fsp3) is 0.909. The first-order valence-electron chi connectivity index (χ1n) is 5.88. The van der Waals surface area contributed by atoms with Gasteiger partial charge in [-0.3, -0.25) is 9.69 Å². The third-order valence-electron chi connectivity index (χ3n) is 2.86. The van der Waals surface area contributed by atoms with Gasteiger partial charge in [0.05, 0.1) is 6.54 Å². The number of nitrogens with zero attached hydrogens (tertiary/aromatic N) is 2. The Balaban J connectivity index is 2.20. The summed E-state index contributed by atoms with van der Waals surface area (Å²) >= 11 is 1.89. The molecule has 0 saturated carbocycles. The number of aliphatic carboxylic acids is 1. The van der Waals surface area contributed by atoms with E-state index in [4.69, 9.17) is 5.11 Å². The maximum absolute atomic E-state index is 10.6. The molecular formula is C11H22N2O2S. The Bertz CT molecular complexity index is 214. The summed E-state index contributed by atoms with van der Waals surface area (Å²) < 4.78 is 0. The van der Waals surface area contributed by atoms with E-state index in [1.54, 1.807) is 0 Å². The maximum atomic E-state index is 10.6. The van der Waals surface area contributed by atoms with E-state index >= 15 is 0 Å². The molecule has 4 nitrogen and oxygen atoms in total. The first kappa shape index (κ1) is 13.8. The lowest BCUT2D eigenvalue weighted by molar-refractivity contribution is -0.138. The molecule has 1 rings (SSSR count). The first-order chi connectivity index (χ1) is 7.72. The molecule has 0 spiro atoms. The van der Waals surface area contributed by atoms with Crippen molar-refractivity contribution in [3.05, 3.63) is 0 Å². The van der Waals surface area contributed by atoms with Gasteiger partial charge in [-0.1, -0.05) is 0 Å². The summed E-state index contributed by atoms with van der Waals surface area (Å²) in [7, 11) is 0. The first-order valence-corrected chi connectivity index (χ1v) is 7.27. The molecule has 0 amide bonds. The molecule has 1 heterocycles. The van der Waals surface area contributed by atoms with Gasteiger partial charge in [0.2, 0.25) is 0 Å². The minimum absolute atomic E-state index is 0.193. The molecule has 1 aliphatic heterocycles. The number of hydrogen-bond acceptors (Lipinski definition) is 4. The molecule has 5 heteroatoms. The Labute approximate surface area is 102 Å². The van der Waals surface area contributed by atoms with Crippen molar-refractivity contribution in [3.63, 3.8) is 0 Å². The summed E-state index contributed by atoms with van der Waals surface area (Å²) in [6.07, 6.45) is 4.46. The van der Waals surface area contributed by atoms with Gasteiger partial charge in [-0.15, -0.1) is 0 Å². The van der Waals surface area contributed by atoms with Crippen LogP contribution in [0.15, 0.2) is 0 Å². The number of carbonyl (C=O) groups is 1. The smallest absolute Gasteiger partial charge is 0.317 e. The van der Waals surface area contributed by atoms with Gasteiger partial charge in [0.15, 0.2) is 0 Å². The highest BCUT2D eigenvalue weighted by Gasteiger charge is 2.15. The van der Waals surface area contributed by atoms with Crippen molar-refractivity contribution in [2.75, 3.05) is 51.3 Å². The van der Waals surface area contributed by atoms with Gasteiger partial charge in [-0.25, -0.2) is 0 Å². The molecule has 0 unspecified atom stereocenters. The van der Waals surface area contributed by atoms with Crippen LogP contribution in [0.4, 0.5) is 0 Å². The highest BCUT2D eigenvalue weighted by atomic mass is 32.2. The molecule has 1 saturated heterocycles. The van der Waals surface area contributed by atoms with Crippen molar-refractivity contribution in [2.45, 2.75) is 12.8 Å². The van der Waals surface area contributed by atoms with Crippen LogP contribution in [-0.2, 0) is 4.79 Å². The van der Waals surface area contributed by atoms with Gasteiger partial charge in [0, 0.05) is 19.6 Å². The van der Waals surface area contributed by atoms with Crippen LogP contribution in [-0.4, -0.2) is 72.2 Å². The SMILES string of the molecule is CSCCCN1CCCN(CC(=O)O)CC1. The summed E-state index contributed by atoms with van der Waals surface area (Å²) in [5.74, 6) is 0.505. The van der Waals surface area contributed by atoms with Crippen molar-refractivity contribution in [2.24, 2.45) is 0 Å². The molecule has 1 N–H and O–H groups in total. The number of hydrogen-bond donors (Lipinski definition) is 1. The zero-order valence-corrected chi connectivity index (χ0v) is 10.8. The molecule has 94 valence electrons. The maximum Gasteiger partial charge on any atom is 0.317 e. The van der Waals surface area contributed by atoms with Crippen LogP contribution in [0.5, 0.6) is 0 Å². The Hall–Kier alpha value is -0.260. The van der Waals surface area contributed by atoms with Crippen LogP contribution >= 0.6 is 11.8 Å². The fourth-order valence-corrected chi connectivity index (χ4v) is 2.45. The van der Waals surface area contributed by atoms with Crippen molar-refractivity contribution in [1.29, 1.82) is 0 Å². The Morgan fingerprint density at radius 2 is 1.94 bits per heavy atom. The van der Waals surface area contributed by atoms with Gasteiger partial charge in [-0.05, 0) is 37.9 Å². The standard InChI is InChI=1S/C11H22N2O2S/c1-16-9-3-6-12-4-2-5-13(8-7-12)10-11(14)15/h2-10H2,1H3,(H,14,15). The molecule has 16 heavy (non-hydrogen) atoms. The second-order valence-electron chi connectivity index (χ2n) is 4.21. The molecule has 1 fully saturated rings. The second-order valence-corrected chi connectivity index (χ2v) is 5.20. The quantitative estimate of drug-likeness (QED) is 0.703. The summed E-state index contributed by atoms with van der Waals surface area (Å²) in [5, 5.41) is 8.74. The zero-order chi connectivity index (χ0) is 11.8. The summed E-state index contributed by atoms with van der Waals surface area (Å²) in [6, 6.07) is 0. The molecule has 0 radical (unpaired) electrons. The van der Waals surface area contributed by atoms with E-state index in [0.29, 0.717) is 0 Å².